The molecule has 2 rings (SSSR count). The molecule has 1 fully saturated rings. The molecule has 104 valence electrons. The van der Waals surface area contributed by atoms with Crippen molar-refractivity contribution in [2.45, 2.75) is 31.7 Å². The number of rotatable bonds is 5. The Morgan fingerprint density at radius 2 is 2.26 bits per heavy atom. The summed E-state index contributed by atoms with van der Waals surface area (Å²) in [6.07, 6.45) is 3.16. The molecule has 1 aliphatic rings. The molecule has 1 atom stereocenters. The van der Waals surface area contributed by atoms with E-state index < -0.39 is 11.6 Å². The molecular weight excluding hydrogens is 250 g/mol. The lowest BCUT2D eigenvalue weighted by Crippen LogP contribution is -2.31. The predicted molar refractivity (Wildman–Crippen MR) is 68.7 cm³/mol. The fourth-order valence-corrected chi connectivity index (χ4v) is 2.29. The fraction of sp³-hybridized carbons (Fsp3) is 0.500. The van der Waals surface area contributed by atoms with E-state index in [1.807, 2.05) is 0 Å². The SMILES string of the molecule is O=C(Cc1ccc(F)cc1F)NCCC1CCCN1. The van der Waals surface area contributed by atoms with E-state index >= 15 is 0 Å². The Hall–Kier alpha value is -1.49. The van der Waals surface area contributed by atoms with Crippen LogP contribution in [0, 0.1) is 11.6 Å². The van der Waals surface area contributed by atoms with Gasteiger partial charge in [0, 0.05) is 18.7 Å². The maximum atomic E-state index is 13.3. The molecule has 1 aromatic rings. The van der Waals surface area contributed by atoms with Gasteiger partial charge in [0.25, 0.3) is 0 Å². The van der Waals surface area contributed by atoms with E-state index in [2.05, 4.69) is 10.6 Å². The number of hydrogen-bond donors (Lipinski definition) is 2. The first kappa shape index (κ1) is 13.9. The fourth-order valence-electron chi connectivity index (χ4n) is 2.29. The highest BCUT2D eigenvalue weighted by atomic mass is 19.1. The van der Waals surface area contributed by atoms with Crippen LogP contribution in [0.4, 0.5) is 8.78 Å². The smallest absolute Gasteiger partial charge is 0.224 e. The van der Waals surface area contributed by atoms with Gasteiger partial charge in [-0.2, -0.15) is 0 Å². The van der Waals surface area contributed by atoms with Gasteiger partial charge < -0.3 is 10.6 Å². The zero-order chi connectivity index (χ0) is 13.7. The molecule has 1 aliphatic heterocycles. The normalized spacial score (nSPS) is 18.5. The minimum absolute atomic E-state index is 0.0514. The Kier molecular flexibility index (Phi) is 4.85. The van der Waals surface area contributed by atoms with E-state index in [-0.39, 0.29) is 17.9 Å². The van der Waals surface area contributed by atoms with Crippen molar-refractivity contribution < 1.29 is 13.6 Å². The molecule has 1 heterocycles. The van der Waals surface area contributed by atoms with Gasteiger partial charge in [0.15, 0.2) is 0 Å². The van der Waals surface area contributed by atoms with Gasteiger partial charge in [-0.1, -0.05) is 6.07 Å². The van der Waals surface area contributed by atoms with E-state index in [9.17, 15) is 13.6 Å². The maximum absolute atomic E-state index is 13.3. The second-order valence-corrected chi connectivity index (χ2v) is 4.84. The third-order valence-electron chi connectivity index (χ3n) is 3.34. The van der Waals surface area contributed by atoms with Crippen LogP contribution in [0.5, 0.6) is 0 Å². The van der Waals surface area contributed by atoms with Crippen LogP contribution >= 0.6 is 0 Å². The molecule has 19 heavy (non-hydrogen) atoms. The van der Waals surface area contributed by atoms with Crippen LogP contribution in [0.25, 0.3) is 0 Å². The third-order valence-corrected chi connectivity index (χ3v) is 3.34. The summed E-state index contributed by atoms with van der Waals surface area (Å²) in [5, 5.41) is 6.10. The summed E-state index contributed by atoms with van der Waals surface area (Å²) in [5.41, 5.74) is 0.220. The zero-order valence-corrected chi connectivity index (χ0v) is 10.7. The summed E-state index contributed by atoms with van der Waals surface area (Å²) in [7, 11) is 0. The molecule has 0 saturated carbocycles. The minimum atomic E-state index is -0.674. The molecule has 1 aromatic carbocycles. The lowest BCUT2D eigenvalue weighted by Gasteiger charge is -2.11. The third kappa shape index (κ3) is 4.28. The highest BCUT2D eigenvalue weighted by molar-refractivity contribution is 5.78. The first-order chi connectivity index (χ1) is 9.15. The number of carbonyl (C=O) groups excluding carboxylic acids is 1. The van der Waals surface area contributed by atoms with Gasteiger partial charge in [0.05, 0.1) is 6.42 Å². The van der Waals surface area contributed by atoms with Gasteiger partial charge in [0.1, 0.15) is 11.6 Å². The van der Waals surface area contributed by atoms with Crippen molar-refractivity contribution in [2.24, 2.45) is 0 Å². The summed E-state index contributed by atoms with van der Waals surface area (Å²) in [5.74, 6) is -1.54. The van der Waals surface area contributed by atoms with E-state index in [4.69, 9.17) is 0 Å². The van der Waals surface area contributed by atoms with E-state index in [1.165, 1.54) is 12.5 Å². The maximum Gasteiger partial charge on any atom is 0.224 e. The van der Waals surface area contributed by atoms with E-state index in [0.29, 0.717) is 12.6 Å². The van der Waals surface area contributed by atoms with E-state index in [1.54, 1.807) is 0 Å². The zero-order valence-electron chi connectivity index (χ0n) is 10.7. The number of nitrogens with one attached hydrogen (secondary N) is 2. The van der Waals surface area contributed by atoms with Crippen molar-refractivity contribution in [1.82, 2.24) is 10.6 Å². The van der Waals surface area contributed by atoms with Gasteiger partial charge in [-0.15, -0.1) is 0 Å². The lowest BCUT2D eigenvalue weighted by atomic mass is 10.1. The molecular formula is C14H18F2N2O. The van der Waals surface area contributed by atoms with Gasteiger partial charge in [-0.3, -0.25) is 4.79 Å². The molecule has 0 radical (unpaired) electrons. The molecule has 1 amide bonds. The van der Waals surface area contributed by atoms with Crippen LogP contribution in [0.3, 0.4) is 0 Å². The van der Waals surface area contributed by atoms with Crippen molar-refractivity contribution >= 4 is 5.91 Å². The average Bonchev–Trinajstić information content (AvgIpc) is 2.86. The Morgan fingerprint density at radius 3 is 2.95 bits per heavy atom. The van der Waals surface area contributed by atoms with Crippen molar-refractivity contribution in [2.75, 3.05) is 13.1 Å². The second-order valence-electron chi connectivity index (χ2n) is 4.84. The van der Waals surface area contributed by atoms with Crippen LogP contribution in [-0.2, 0) is 11.2 Å². The summed E-state index contributed by atoms with van der Waals surface area (Å²) < 4.78 is 26.1. The number of halogens is 2. The monoisotopic (exact) mass is 268 g/mol. The topological polar surface area (TPSA) is 41.1 Å². The molecule has 0 bridgehead atoms. The summed E-state index contributed by atoms with van der Waals surface area (Å²) in [4.78, 5) is 11.6. The highest BCUT2D eigenvalue weighted by Crippen LogP contribution is 2.10. The van der Waals surface area contributed by atoms with E-state index in [0.717, 1.165) is 31.5 Å². The molecule has 0 aliphatic carbocycles. The first-order valence-electron chi connectivity index (χ1n) is 6.59. The van der Waals surface area contributed by atoms with Gasteiger partial charge in [-0.25, -0.2) is 8.78 Å². The largest absolute Gasteiger partial charge is 0.356 e. The Morgan fingerprint density at radius 1 is 1.42 bits per heavy atom. The number of benzene rings is 1. The number of hydrogen-bond acceptors (Lipinski definition) is 2. The predicted octanol–water partition coefficient (Wildman–Crippen LogP) is 1.77. The Labute approximate surface area is 111 Å². The number of carbonyl (C=O) groups is 1. The van der Waals surface area contributed by atoms with Gasteiger partial charge in [0.2, 0.25) is 5.91 Å². The lowest BCUT2D eigenvalue weighted by molar-refractivity contribution is -0.120. The van der Waals surface area contributed by atoms with Crippen LogP contribution in [0.1, 0.15) is 24.8 Å². The van der Waals surface area contributed by atoms with Crippen LogP contribution in [0.2, 0.25) is 0 Å². The highest BCUT2D eigenvalue weighted by Gasteiger charge is 2.14. The summed E-state index contributed by atoms with van der Waals surface area (Å²) in [6, 6.07) is 3.74. The standard InChI is InChI=1S/C14H18F2N2O/c15-11-4-3-10(13(16)9-11)8-14(19)18-7-5-12-2-1-6-17-12/h3-4,9,12,17H,1-2,5-8H2,(H,18,19). The van der Waals surface area contributed by atoms with Crippen LogP contribution in [-0.4, -0.2) is 25.0 Å². The molecule has 3 nitrogen and oxygen atoms in total. The van der Waals surface area contributed by atoms with Crippen LogP contribution < -0.4 is 10.6 Å². The molecule has 0 aromatic heterocycles. The summed E-state index contributed by atoms with van der Waals surface area (Å²) in [6.45, 7) is 1.62. The number of amides is 1. The van der Waals surface area contributed by atoms with Crippen molar-refractivity contribution in [3.63, 3.8) is 0 Å². The van der Waals surface area contributed by atoms with Gasteiger partial charge >= 0.3 is 0 Å². The molecule has 1 unspecified atom stereocenters. The van der Waals surface area contributed by atoms with Crippen molar-refractivity contribution in [3.8, 4) is 0 Å². The molecule has 5 heteroatoms. The quantitative estimate of drug-likeness (QED) is 0.854. The molecule has 2 N–H and O–H groups in total. The summed E-state index contributed by atoms with van der Waals surface area (Å²) >= 11 is 0. The molecule has 0 spiro atoms. The van der Waals surface area contributed by atoms with Crippen molar-refractivity contribution in [1.29, 1.82) is 0 Å². The van der Waals surface area contributed by atoms with Crippen LogP contribution in [0.15, 0.2) is 18.2 Å². The first-order valence-corrected chi connectivity index (χ1v) is 6.59. The van der Waals surface area contributed by atoms with Gasteiger partial charge in [-0.05, 0) is 37.4 Å². The Balaban J connectivity index is 1.74. The average molecular weight is 268 g/mol. The molecule has 1 saturated heterocycles. The van der Waals surface area contributed by atoms with Crippen molar-refractivity contribution in [3.05, 3.63) is 35.4 Å². The Bertz CT molecular complexity index is 445. The minimum Gasteiger partial charge on any atom is -0.356 e. The second kappa shape index (κ2) is 6.61.